The van der Waals surface area contributed by atoms with Crippen molar-refractivity contribution in [3.8, 4) is 0 Å². The highest BCUT2D eigenvalue weighted by Crippen LogP contribution is 2.15. The van der Waals surface area contributed by atoms with Gasteiger partial charge in [0.2, 0.25) is 5.16 Å². The second-order valence-corrected chi connectivity index (χ2v) is 4.99. The van der Waals surface area contributed by atoms with E-state index in [4.69, 9.17) is 4.74 Å². The Morgan fingerprint density at radius 2 is 2.22 bits per heavy atom. The van der Waals surface area contributed by atoms with Gasteiger partial charge in [0.15, 0.2) is 0 Å². The molecule has 0 atom stereocenters. The van der Waals surface area contributed by atoms with Crippen LogP contribution in [0, 0.1) is 0 Å². The van der Waals surface area contributed by atoms with Crippen molar-refractivity contribution >= 4 is 17.7 Å². The smallest absolute Gasteiger partial charge is 0.305 e. The van der Waals surface area contributed by atoms with E-state index >= 15 is 0 Å². The molecule has 0 aliphatic heterocycles. The van der Waals surface area contributed by atoms with Crippen LogP contribution < -0.4 is 0 Å². The molecule has 102 valence electrons. The summed E-state index contributed by atoms with van der Waals surface area (Å²) in [6.45, 7) is 4.42. The third-order valence-electron chi connectivity index (χ3n) is 2.34. The fourth-order valence-corrected chi connectivity index (χ4v) is 2.17. The molecule has 1 rings (SSSR count). The molecule has 0 saturated carbocycles. The standard InChI is InChI=1S/C12H21N3O2S/c1-3-5-7-10-13-12(15-14-10)18-9-6-8-11(16)17-4-2/h3-9H2,1-2H3,(H,13,14,15). The summed E-state index contributed by atoms with van der Waals surface area (Å²) < 4.78 is 4.86. The molecular weight excluding hydrogens is 250 g/mol. The number of thioether (sulfide) groups is 1. The van der Waals surface area contributed by atoms with Gasteiger partial charge in [-0.1, -0.05) is 25.1 Å². The van der Waals surface area contributed by atoms with Crippen molar-refractivity contribution in [1.29, 1.82) is 0 Å². The molecule has 0 spiro atoms. The molecule has 0 aliphatic rings. The lowest BCUT2D eigenvalue weighted by Gasteiger charge is -1.99. The van der Waals surface area contributed by atoms with Crippen molar-refractivity contribution < 1.29 is 9.53 Å². The second kappa shape index (κ2) is 8.97. The first-order valence-corrected chi connectivity index (χ1v) is 7.44. The number of hydrogen-bond donors (Lipinski definition) is 1. The Bertz CT molecular complexity index is 355. The second-order valence-electron chi connectivity index (χ2n) is 3.93. The third-order valence-corrected chi connectivity index (χ3v) is 3.27. The number of hydrogen-bond acceptors (Lipinski definition) is 5. The Morgan fingerprint density at radius 1 is 1.39 bits per heavy atom. The van der Waals surface area contributed by atoms with Crippen molar-refractivity contribution in [2.75, 3.05) is 12.4 Å². The fraction of sp³-hybridized carbons (Fsp3) is 0.750. The van der Waals surface area contributed by atoms with E-state index in [9.17, 15) is 4.79 Å². The van der Waals surface area contributed by atoms with E-state index in [-0.39, 0.29) is 5.97 Å². The van der Waals surface area contributed by atoms with E-state index in [1.54, 1.807) is 11.8 Å². The topological polar surface area (TPSA) is 67.9 Å². The minimum atomic E-state index is -0.128. The van der Waals surface area contributed by atoms with E-state index < -0.39 is 0 Å². The lowest BCUT2D eigenvalue weighted by atomic mass is 10.2. The molecule has 0 bridgehead atoms. The fourth-order valence-electron chi connectivity index (χ4n) is 1.41. The van der Waals surface area contributed by atoms with Crippen LogP contribution in [0.2, 0.25) is 0 Å². The van der Waals surface area contributed by atoms with Crippen molar-refractivity contribution in [3.05, 3.63) is 5.82 Å². The Labute approximate surface area is 112 Å². The molecule has 0 radical (unpaired) electrons. The monoisotopic (exact) mass is 271 g/mol. The Morgan fingerprint density at radius 3 is 2.94 bits per heavy atom. The predicted molar refractivity (Wildman–Crippen MR) is 71.6 cm³/mol. The van der Waals surface area contributed by atoms with Crippen LogP contribution in [-0.2, 0) is 16.0 Å². The zero-order valence-electron chi connectivity index (χ0n) is 11.1. The number of esters is 1. The number of carbonyl (C=O) groups excluding carboxylic acids is 1. The van der Waals surface area contributed by atoms with Crippen LogP contribution in [0.15, 0.2) is 5.16 Å². The number of aromatic nitrogens is 3. The van der Waals surface area contributed by atoms with Crippen molar-refractivity contribution in [1.82, 2.24) is 15.2 Å². The number of nitrogens with zero attached hydrogens (tertiary/aromatic N) is 2. The molecule has 5 nitrogen and oxygen atoms in total. The van der Waals surface area contributed by atoms with Gasteiger partial charge in [-0.15, -0.1) is 5.10 Å². The SMILES string of the molecule is CCCCc1nc(SCCCC(=O)OCC)n[nH]1. The molecule has 1 aromatic rings. The molecule has 0 unspecified atom stereocenters. The van der Waals surface area contributed by atoms with Gasteiger partial charge in [-0.2, -0.15) is 0 Å². The van der Waals surface area contributed by atoms with Crippen LogP contribution in [0.4, 0.5) is 0 Å². The average molecular weight is 271 g/mol. The molecule has 0 fully saturated rings. The molecule has 18 heavy (non-hydrogen) atoms. The first-order valence-electron chi connectivity index (χ1n) is 6.46. The number of carbonyl (C=O) groups is 1. The summed E-state index contributed by atoms with van der Waals surface area (Å²) in [5, 5.41) is 7.84. The van der Waals surface area contributed by atoms with Gasteiger partial charge < -0.3 is 4.74 Å². The number of unbranched alkanes of at least 4 members (excludes halogenated alkanes) is 1. The maximum absolute atomic E-state index is 11.1. The van der Waals surface area contributed by atoms with Gasteiger partial charge in [-0.3, -0.25) is 9.89 Å². The van der Waals surface area contributed by atoms with Gasteiger partial charge in [-0.05, 0) is 19.8 Å². The molecular formula is C12H21N3O2S. The van der Waals surface area contributed by atoms with E-state index in [1.165, 1.54) is 0 Å². The van der Waals surface area contributed by atoms with Gasteiger partial charge in [0.25, 0.3) is 0 Å². The lowest BCUT2D eigenvalue weighted by molar-refractivity contribution is -0.143. The van der Waals surface area contributed by atoms with Crippen molar-refractivity contribution in [2.45, 2.75) is 51.1 Å². The third kappa shape index (κ3) is 6.05. The summed E-state index contributed by atoms with van der Waals surface area (Å²) in [7, 11) is 0. The number of H-pyrrole nitrogens is 1. The van der Waals surface area contributed by atoms with Crippen LogP contribution in [0.1, 0.15) is 45.4 Å². The quantitative estimate of drug-likeness (QED) is 0.425. The zero-order chi connectivity index (χ0) is 13.2. The molecule has 0 saturated heterocycles. The van der Waals surface area contributed by atoms with Crippen LogP contribution in [-0.4, -0.2) is 33.5 Å². The van der Waals surface area contributed by atoms with Gasteiger partial charge in [0.05, 0.1) is 6.61 Å². The average Bonchev–Trinajstić information content (AvgIpc) is 2.80. The zero-order valence-corrected chi connectivity index (χ0v) is 11.9. The summed E-state index contributed by atoms with van der Waals surface area (Å²) in [5.74, 6) is 1.66. The molecule has 0 aromatic carbocycles. The molecule has 6 heteroatoms. The van der Waals surface area contributed by atoms with Crippen LogP contribution in [0.25, 0.3) is 0 Å². The summed E-state index contributed by atoms with van der Waals surface area (Å²) in [6.07, 6.45) is 4.49. The van der Waals surface area contributed by atoms with E-state index in [0.29, 0.717) is 13.0 Å². The predicted octanol–water partition coefficient (Wildman–Crippen LogP) is 2.58. The maximum Gasteiger partial charge on any atom is 0.305 e. The first kappa shape index (κ1) is 15.0. The maximum atomic E-state index is 11.1. The van der Waals surface area contributed by atoms with Gasteiger partial charge in [0, 0.05) is 18.6 Å². The molecule has 1 N–H and O–H groups in total. The molecule has 0 amide bonds. The molecule has 1 heterocycles. The van der Waals surface area contributed by atoms with Crippen LogP contribution in [0.5, 0.6) is 0 Å². The molecule has 1 aromatic heterocycles. The summed E-state index contributed by atoms with van der Waals surface area (Å²) in [6, 6.07) is 0. The van der Waals surface area contributed by atoms with Gasteiger partial charge in [-0.25, -0.2) is 4.98 Å². The highest BCUT2D eigenvalue weighted by molar-refractivity contribution is 7.99. The van der Waals surface area contributed by atoms with Gasteiger partial charge >= 0.3 is 5.97 Å². The minimum Gasteiger partial charge on any atom is -0.466 e. The number of nitrogens with one attached hydrogen (secondary N) is 1. The van der Waals surface area contributed by atoms with Crippen LogP contribution >= 0.6 is 11.8 Å². The highest BCUT2D eigenvalue weighted by atomic mass is 32.2. The summed E-state index contributed by atoms with van der Waals surface area (Å²) in [4.78, 5) is 15.5. The number of aryl methyl sites for hydroxylation is 1. The minimum absolute atomic E-state index is 0.128. The van der Waals surface area contributed by atoms with Crippen molar-refractivity contribution in [2.24, 2.45) is 0 Å². The number of aromatic amines is 1. The Kier molecular flexibility index (Phi) is 7.48. The van der Waals surface area contributed by atoms with E-state index in [2.05, 4.69) is 22.1 Å². The van der Waals surface area contributed by atoms with E-state index in [0.717, 1.165) is 42.4 Å². The summed E-state index contributed by atoms with van der Waals surface area (Å²) in [5.41, 5.74) is 0. The van der Waals surface area contributed by atoms with Crippen molar-refractivity contribution in [3.63, 3.8) is 0 Å². The lowest BCUT2D eigenvalue weighted by Crippen LogP contribution is -2.03. The largest absolute Gasteiger partial charge is 0.466 e. The summed E-state index contributed by atoms with van der Waals surface area (Å²) >= 11 is 1.57. The Balaban J connectivity index is 2.15. The number of ether oxygens (including phenoxy) is 1. The van der Waals surface area contributed by atoms with E-state index in [1.807, 2.05) is 6.92 Å². The number of rotatable bonds is 9. The van der Waals surface area contributed by atoms with Gasteiger partial charge in [0.1, 0.15) is 5.82 Å². The van der Waals surface area contributed by atoms with Crippen LogP contribution in [0.3, 0.4) is 0 Å². The Hall–Kier alpha value is -1.04. The highest BCUT2D eigenvalue weighted by Gasteiger charge is 2.05. The first-order chi connectivity index (χ1) is 8.76. The normalized spacial score (nSPS) is 10.6. The molecule has 0 aliphatic carbocycles.